The molecule has 1 aromatic carbocycles. The average Bonchev–Trinajstić information content (AvgIpc) is 2.18. The van der Waals surface area contributed by atoms with Gasteiger partial charge >= 0.3 is 0 Å². The largest absolute Gasteiger partial charge is 0.396 e. The third-order valence-corrected chi connectivity index (χ3v) is 3.23. The van der Waals surface area contributed by atoms with E-state index in [-0.39, 0.29) is 11.5 Å². The molecule has 15 heavy (non-hydrogen) atoms. The Kier molecular flexibility index (Phi) is 4.95. The molecule has 1 nitrogen and oxygen atoms in total. The highest BCUT2D eigenvalue weighted by atomic mass is 32.2. The number of nitrogen functional groups attached to an aromatic ring is 1. The monoisotopic (exact) mass is 227 g/mol. The summed E-state index contributed by atoms with van der Waals surface area (Å²) in [5.41, 5.74) is 6.64. The van der Waals surface area contributed by atoms with E-state index in [4.69, 9.17) is 5.73 Å². The predicted octanol–water partition coefficient (Wildman–Crippen LogP) is 3.69. The van der Waals surface area contributed by atoms with E-state index in [2.05, 4.69) is 13.8 Å². The van der Waals surface area contributed by atoms with E-state index in [9.17, 15) is 4.39 Å². The zero-order chi connectivity index (χ0) is 11.3. The number of anilines is 1. The van der Waals surface area contributed by atoms with Crippen LogP contribution in [0.1, 0.15) is 25.8 Å². The van der Waals surface area contributed by atoms with Crippen molar-refractivity contribution in [3.63, 3.8) is 0 Å². The summed E-state index contributed by atoms with van der Waals surface area (Å²) in [7, 11) is 0. The van der Waals surface area contributed by atoms with Crippen molar-refractivity contribution in [3.8, 4) is 0 Å². The third kappa shape index (κ3) is 4.56. The van der Waals surface area contributed by atoms with Crippen molar-refractivity contribution in [3.05, 3.63) is 29.6 Å². The van der Waals surface area contributed by atoms with Crippen LogP contribution in [-0.2, 0) is 5.75 Å². The SMILES string of the molecule is CC(C)CCSCc1ccc(N)c(F)c1. The zero-order valence-electron chi connectivity index (χ0n) is 9.29. The van der Waals surface area contributed by atoms with Crippen molar-refractivity contribution in [2.24, 2.45) is 5.92 Å². The van der Waals surface area contributed by atoms with Gasteiger partial charge in [-0.05, 0) is 35.8 Å². The molecule has 3 heteroatoms. The van der Waals surface area contributed by atoms with E-state index in [1.807, 2.05) is 17.8 Å². The van der Waals surface area contributed by atoms with E-state index < -0.39 is 0 Å². The summed E-state index contributed by atoms with van der Waals surface area (Å²) in [5.74, 6) is 2.42. The van der Waals surface area contributed by atoms with Gasteiger partial charge in [-0.15, -0.1) is 0 Å². The number of halogens is 1. The molecule has 0 radical (unpaired) electrons. The van der Waals surface area contributed by atoms with E-state index in [0.29, 0.717) is 0 Å². The quantitative estimate of drug-likeness (QED) is 0.613. The van der Waals surface area contributed by atoms with Gasteiger partial charge in [0.05, 0.1) is 5.69 Å². The molecule has 0 spiro atoms. The van der Waals surface area contributed by atoms with E-state index in [1.54, 1.807) is 6.07 Å². The van der Waals surface area contributed by atoms with Gasteiger partial charge in [0.25, 0.3) is 0 Å². The second kappa shape index (κ2) is 6.01. The second-order valence-corrected chi connectivity index (χ2v) is 5.20. The van der Waals surface area contributed by atoms with Gasteiger partial charge < -0.3 is 5.73 Å². The summed E-state index contributed by atoms with van der Waals surface area (Å²) < 4.78 is 13.1. The fourth-order valence-corrected chi connectivity index (χ4v) is 2.37. The number of nitrogens with two attached hydrogens (primary N) is 1. The maximum absolute atomic E-state index is 13.1. The molecule has 0 unspecified atom stereocenters. The Morgan fingerprint density at radius 2 is 2.13 bits per heavy atom. The molecule has 2 N–H and O–H groups in total. The first-order valence-electron chi connectivity index (χ1n) is 5.21. The summed E-state index contributed by atoms with van der Waals surface area (Å²) in [6.07, 6.45) is 1.21. The molecule has 0 fully saturated rings. The van der Waals surface area contributed by atoms with Crippen LogP contribution in [0.25, 0.3) is 0 Å². The predicted molar refractivity (Wildman–Crippen MR) is 66.4 cm³/mol. The normalized spacial score (nSPS) is 10.9. The lowest BCUT2D eigenvalue weighted by Crippen LogP contribution is -1.93. The van der Waals surface area contributed by atoms with Crippen molar-refractivity contribution < 1.29 is 4.39 Å². The van der Waals surface area contributed by atoms with Crippen LogP contribution in [0, 0.1) is 11.7 Å². The smallest absolute Gasteiger partial charge is 0.146 e. The second-order valence-electron chi connectivity index (χ2n) is 4.09. The molecule has 0 aliphatic rings. The van der Waals surface area contributed by atoms with Gasteiger partial charge in [-0.25, -0.2) is 4.39 Å². The first-order valence-corrected chi connectivity index (χ1v) is 6.36. The summed E-state index contributed by atoms with van der Waals surface area (Å²) in [4.78, 5) is 0. The fourth-order valence-electron chi connectivity index (χ4n) is 1.17. The van der Waals surface area contributed by atoms with Crippen LogP contribution in [0.2, 0.25) is 0 Å². The molecule has 0 amide bonds. The third-order valence-electron chi connectivity index (χ3n) is 2.17. The van der Waals surface area contributed by atoms with Gasteiger partial charge in [0, 0.05) is 5.75 Å². The van der Waals surface area contributed by atoms with E-state index in [0.717, 1.165) is 23.0 Å². The molecule has 0 aliphatic carbocycles. The van der Waals surface area contributed by atoms with Crippen molar-refractivity contribution in [2.45, 2.75) is 26.0 Å². The lowest BCUT2D eigenvalue weighted by atomic mass is 10.2. The van der Waals surface area contributed by atoms with Gasteiger partial charge in [-0.2, -0.15) is 11.8 Å². The number of rotatable bonds is 5. The lowest BCUT2D eigenvalue weighted by molar-refractivity contribution is 0.630. The van der Waals surface area contributed by atoms with Gasteiger partial charge in [0.15, 0.2) is 0 Å². The maximum Gasteiger partial charge on any atom is 0.146 e. The Hall–Kier alpha value is -0.700. The summed E-state index contributed by atoms with van der Waals surface area (Å²) >= 11 is 1.84. The molecule has 84 valence electrons. The van der Waals surface area contributed by atoms with Crippen molar-refractivity contribution in [1.29, 1.82) is 0 Å². The van der Waals surface area contributed by atoms with Gasteiger partial charge in [0.2, 0.25) is 0 Å². The minimum atomic E-state index is -0.308. The highest BCUT2D eigenvalue weighted by Crippen LogP contribution is 2.18. The Morgan fingerprint density at radius 1 is 1.40 bits per heavy atom. The Labute approximate surface area is 95.2 Å². The highest BCUT2D eigenvalue weighted by Gasteiger charge is 2.00. The number of benzene rings is 1. The van der Waals surface area contributed by atoms with Crippen LogP contribution >= 0.6 is 11.8 Å². The highest BCUT2D eigenvalue weighted by molar-refractivity contribution is 7.98. The molecular weight excluding hydrogens is 209 g/mol. The molecular formula is C12H18FNS. The minimum Gasteiger partial charge on any atom is -0.396 e. The van der Waals surface area contributed by atoms with Crippen LogP contribution in [-0.4, -0.2) is 5.75 Å². The van der Waals surface area contributed by atoms with Crippen LogP contribution < -0.4 is 5.73 Å². The molecule has 0 saturated heterocycles. The zero-order valence-corrected chi connectivity index (χ0v) is 10.1. The van der Waals surface area contributed by atoms with Crippen molar-refractivity contribution in [2.75, 3.05) is 11.5 Å². The minimum absolute atomic E-state index is 0.228. The molecule has 0 heterocycles. The molecule has 0 saturated carbocycles. The van der Waals surface area contributed by atoms with Gasteiger partial charge in [-0.1, -0.05) is 19.9 Å². The van der Waals surface area contributed by atoms with Crippen LogP contribution in [0.3, 0.4) is 0 Å². The molecule has 0 aliphatic heterocycles. The van der Waals surface area contributed by atoms with Crippen molar-refractivity contribution >= 4 is 17.4 Å². The number of hydrogen-bond donors (Lipinski definition) is 1. The topological polar surface area (TPSA) is 26.0 Å². The summed E-state index contributed by atoms with van der Waals surface area (Å²) in [5, 5.41) is 0. The Morgan fingerprint density at radius 3 is 2.73 bits per heavy atom. The lowest BCUT2D eigenvalue weighted by Gasteiger charge is -2.05. The molecule has 0 atom stereocenters. The van der Waals surface area contributed by atoms with Crippen LogP contribution in [0.4, 0.5) is 10.1 Å². The molecule has 1 rings (SSSR count). The fraction of sp³-hybridized carbons (Fsp3) is 0.500. The van der Waals surface area contributed by atoms with Crippen molar-refractivity contribution in [1.82, 2.24) is 0 Å². The summed E-state index contributed by atoms with van der Waals surface area (Å²) in [6, 6.07) is 5.05. The average molecular weight is 227 g/mol. The molecule has 1 aromatic rings. The first kappa shape index (κ1) is 12.4. The van der Waals surface area contributed by atoms with E-state index >= 15 is 0 Å². The number of hydrogen-bond acceptors (Lipinski definition) is 2. The summed E-state index contributed by atoms with van der Waals surface area (Å²) in [6.45, 7) is 4.42. The molecule has 0 aromatic heterocycles. The first-order chi connectivity index (χ1) is 7.09. The van der Waals surface area contributed by atoms with Gasteiger partial charge in [0.1, 0.15) is 5.82 Å². The van der Waals surface area contributed by atoms with Crippen LogP contribution in [0.15, 0.2) is 18.2 Å². The number of thioether (sulfide) groups is 1. The van der Waals surface area contributed by atoms with Crippen LogP contribution in [0.5, 0.6) is 0 Å². The molecule has 0 bridgehead atoms. The van der Waals surface area contributed by atoms with E-state index in [1.165, 1.54) is 12.5 Å². The standard InChI is InChI=1S/C12H18FNS/c1-9(2)5-6-15-8-10-3-4-12(14)11(13)7-10/h3-4,7,9H,5-6,8,14H2,1-2H3. The Bertz CT molecular complexity index is 312. The Balaban J connectivity index is 2.35. The van der Waals surface area contributed by atoms with Gasteiger partial charge in [-0.3, -0.25) is 0 Å². The maximum atomic E-state index is 13.1.